The largest absolute Gasteiger partial charge is 0.356 e. The molecule has 0 aromatic carbocycles. The molecule has 0 amide bonds. The molecule has 1 aliphatic heterocycles. The molecule has 0 bridgehead atoms. The van der Waals surface area contributed by atoms with E-state index >= 15 is 0 Å². The molecule has 94 valence electrons. The predicted molar refractivity (Wildman–Crippen MR) is 71.8 cm³/mol. The maximum atomic E-state index is 6.18. The molecule has 0 spiro atoms. The fraction of sp³-hybridized carbons (Fsp3) is 0.692. The molecule has 17 heavy (non-hydrogen) atoms. The highest BCUT2D eigenvalue weighted by Gasteiger charge is 2.21. The average molecular weight is 254 g/mol. The standard InChI is InChI=1S/C13H20ClN3/c1-4-11-15-12(14)10(3)13(16-11)17-7-5-6-9(2)8-17/h9H,4-8H2,1-3H3. The van der Waals surface area contributed by atoms with Gasteiger partial charge >= 0.3 is 0 Å². The number of hydrogen-bond acceptors (Lipinski definition) is 3. The fourth-order valence-corrected chi connectivity index (χ4v) is 2.55. The van der Waals surface area contributed by atoms with Crippen LogP contribution in [0.4, 0.5) is 5.82 Å². The van der Waals surface area contributed by atoms with Gasteiger partial charge in [0.1, 0.15) is 16.8 Å². The van der Waals surface area contributed by atoms with E-state index in [4.69, 9.17) is 11.6 Å². The average Bonchev–Trinajstić information content (AvgIpc) is 2.32. The van der Waals surface area contributed by atoms with Gasteiger partial charge in [-0.1, -0.05) is 25.4 Å². The van der Waals surface area contributed by atoms with Crippen LogP contribution >= 0.6 is 11.6 Å². The Kier molecular flexibility index (Phi) is 3.87. The highest BCUT2D eigenvalue weighted by molar-refractivity contribution is 6.30. The van der Waals surface area contributed by atoms with Crippen LogP contribution in [0.5, 0.6) is 0 Å². The number of anilines is 1. The van der Waals surface area contributed by atoms with Crippen LogP contribution in [-0.4, -0.2) is 23.1 Å². The zero-order valence-corrected chi connectivity index (χ0v) is 11.6. The third-order valence-corrected chi connectivity index (χ3v) is 3.75. The summed E-state index contributed by atoms with van der Waals surface area (Å²) in [6, 6.07) is 0. The first kappa shape index (κ1) is 12.6. The lowest BCUT2D eigenvalue weighted by Crippen LogP contribution is -2.35. The van der Waals surface area contributed by atoms with E-state index in [0.29, 0.717) is 5.15 Å². The van der Waals surface area contributed by atoms with Crippen molar-refractivity contribution < 1.29 is 0 Å². The SMILES string of the molecule is CCc1nc(Cl)c(C)c(N2CCCC(C)C2)n1. The summed E-state index contributed by atoms with van der Waals surface area (Å²) in [5.74, 6) is 2.61. The van der Waals surface area contributed by atoms with Gasteiger partial charge in [0.05, 0.1) is 0 Å². The van der Waals surface area contributed by atoms with Crippen molar-refractivity contribution in [1.29, 1.82) is 0 Å². The molecular formula is C13H20ClN3. The molecule has 0 saturated carbocycles. The Morgan fingerprint density at radius 1 is 1.41 bits per heavy atom. The van der Waals surface area contributed by atoms with Crippen molar-refractivity contribution in [3.63, 3.8) is 0 Å². The maximum absolute atomic E-state index is 6.18. The van der Waals surface area contributed by atoms with E-state index in [1.165, 1.54) is 12.8 Å². The second-order valence-corrected chi connectivity index (χ2v) is 5.28. The number of piperidine rings is 1. The molecule has 4 heteroatoms. The highest BCUT2D eigenvalue weighted by atomic mass is 35.5. The van der Waals surface area contributed by atoms with Gasteiger partial charge in [-0.15, -0.1) is 0 Å². The lowest BCUT2D eigenvalue weighted by molar-refractivity contribution is 0.443. The Morgan fingerprint density at radius 2 is 2.18 bits per heavy atom. The summed E-state index contributed by atoms with van der Waals surface area (Å²) in [7, 11) is 0. The van der Waals surface area contributed by atoms with Gasteiger partial charge in [0.25, 0.3) is 0 Å². The Labute approximate surface area is 108 Å². The minimum Gasteiger partial charge on any atom is -0.356 e. The molecule has 2 heterocycles. The second kappa shape index (κ2) is 5.21. The molecule has 0 aliphatic carbocycles. The molecule has 2 rings (SSSR count). The van der Waals surface area contributed by atoms with E-state index < -0.39 is 0 Å². The summed E-state index contributed by atoms with van der Waals surface area (Å²) in [4.78, 5) is 11.3. The summed E-state index contributed by atoms with van der Waals surface area (Å²) in [5, 5.41) is 0.602. The molecule has 0 radical (unpaired) electrons. The second-order valence-electron chi connectivity index (χ2n) is 4.93. The molecule has 1 unspecified atom stereocenters. The van der Waals surface area contributed by atoms with Crippen molar-refractivity contribution >= 4 is 17.4 Å². The molecule has 1 aromatic rings. The van der Waals surface area contributed by atoms with Crippen LogP contribution in [-0.2, 0) is 6.42 Å². The Bertz CT molecular complexity index is 406. The van der Waals surface area contributed by atoms with Crippen molar-refractivity contribution in [1.82, 2.24) is 9.97 Å². The molecule has 0 N–H and O–H groups in total. The maximum Gasteiger partial charge on any atom is 0.137 e. The van der Waals surface area contributed by atoms with Gasteiger partial charge in [0.15, 0.2) is 0 Å². The first-order valence-corrected chi connectivity index (χ1v) is 6.77. The van der Waals surface area contributed by atoms with Crippen molar-refractivity contribution in [2.45, 2.75) is 40.0 Å². The van der Waals surface area contributed by atoms with Crippen molar-refractivity contribution in [3.05, 3.63) is 16.5 Å². The van der Waals surface area contributed by atoms with E-state index in [2.05, 4.69) is 28.7 Å². The van der Waals surface area contributed by atoms with E-state index in [0.717, 1.165) is 42.6 Å². The highest BCUT2D eigenvalue weighted by Crippen LogP contribution is 2.27. The fourth-order valence-electron chi connectivity index (χ4n) is 2.37. The number of aromatic nitrogens is 2. The lowest BCUT2D eigenvalue weighted by atomic mass is 10.00. The minimum atomic E-state index is 0.602. The van der Waals surface area contributed by atoms with Gasteiger partial charge in [-0.05, 0) is 25.7 Å². The van der Waals surface area contributed by atoms with Crippen LogP contribution in [0, 0.1) is 12.8 Å². The Balaban J connectivity index is 2.33. The normalized spacial score (nSPS) is 20.7. The van der Waals surface area contributed by atoms with Crippen LogP contribution in [0.25, 0.3) is 0 Å². The smallest absolute Gasteiger partial charge is 0.137 e. The molecule has 3 nitrogen and oxygen atoms in total. The Hall–Kier alpha value is -0.830. The van der Waals surface area contributed by atoms with E-state index in [1.807, 2.05) is 6.92 Å². The number of aryl methyl sites for hydroxylation is 1. The molecule has 1 atom stereocenters. The molecular weight excluding hydrogens is 234 g/mol. The van der Waals surface area contributed by atoms with E-state index in [9.17, 15) is 0 Å². The molecule has 1 fully saturated rings. The van der Waals surface area contributed by atoms with Crippen molar-refractivity contribution in [2.24, 2.45) is 5.92 Å². The van der Waals surface area contributed by atoms with Gasteiger partial charge in [-0.25, -0.2) is 9.97 Å². The third-order valence-electron chi connectivity index (χ3n) is 3.38. The quantitative estimate of drug-likeness (QED) is 0.758. The number of rotatable bonds is 2. The summed E-state index contributed by atoms with van der Waals surface area (Å²) in [5.41, 5.74) is 1.01. The number of hydrogen-bond donors (Lipinski definition) is 0. The minimum absolute atomic E-state index is 0.602. The van der Waals surface area contributed by atoms with Gasteiger partial charge in [-0.3, -0.25) is 0 Å². The number of nitrogens with zero attached hydrogens (tertiary/aromatic N) is 3. The van der Waals surface area contributed by atoms with Gasteiger partial charge in [-0.2, -0.15) is 0 Å². The first-order valence-electron chi connectivity index (χ1n) is 6.39. The number of halogens is 1. The molecule has 1 saturated heterocycles. The zero-order chi connectivity index (χ0) is 12.4. The van der Waals surface area contributed by atoms with Crippen molar-refractivity contribution in [2.75, 3.05) is 18.0 Å². The van der Waals surface area contributed by atoms with Crippen LogP contribution in [0.1, 0.15) is 38.1 Å². The molecule has 1 aliphatic rings. The topological polar surface area (TPSA) is 29.0 Å². The summed E-state index contributed by atoms with van der Waals surface area (Å²) >= 11 is 6.18. The summed E-state index contributed by atoms with van der Waals surface area (Å²) in [6.07, 6.45) is 3.38. The van der Waals surface area contributed by atoms with Gasteiger partial charge in [0.2, 0.25) is 0 Å². The van der Waals surface area contributed by atoms with E-state index in [1.54, 1.807) is 0 Å². The predicted octanol–water partition coefficient (Wildman–Crippen LogP) is 3.24. The van der Waals surface area contributed by atoms with Crippen LogP contribution in [0.15, 0.2) is 0 Å². The van der Waals surface area contributed by atoms with Crippen LogP contribution in [0.3, 0.4) is 0 Å². The van der Waals surface area contributed by atoms with Crippen LogP contribution in [0.2, 0.25) is 5.15 Å². The lowest BCUT2D eigenvalue weighted by Gasteiger charge is -2.33. The van der Waals surface area contributed by atoms with E-state index in [-0.39, 0.29) is 0 Å². The van der Waals surface area contributed by atoms with Gasteiger partial charge < -0.3 is 4.90 Å². The zero-order valence-electron chi connectivity index (χ0n) is 10.8. The third kappa shape index (κ3) is 2.71. The van der Waals surface area contributed by atoms with Crippen molar-refractivity contribution in [3.8, 4) is 0 Å². The Morgan fingerprint density at radius 3 is 2.82 bits per heavy atom. The first-order chi connectivity index (χ1) is 8.11. The summed E-state index contributed by atoms with van der Waals surface area (Å²) < 4.78 is 0. The van der Waals surface area contributed by atoms with Gasteiger partial charge in [0, 0.05) is 25.1 Å². The van der Waals surface area contributed by atoms with Crippen LogP contribution < -0.4 is 4.90 Å². The molecule has 1 aromatic heterocycles. The monoisotopic (exact) mass is 253 g/mol. The summed E-state index contributed by atoms with van der Waals surface area (Å²) in [6.45, 7) is 8.53.